The second kappa shape index (κ2) is 8.03. The first-order valence-corrected chi connectivity index (χ1v) is 10.7. The Morgan fingerprint density at radius 3 is 2.38 bits per heavy atom. The Morgan fingerprint density at radius 1 is 1.12 bits per heavy atom. The molecule has 0 spiro atoms. The van der Waals surface area contributed by atoms with E-state index in [-0.39, 0.29) is 10.8 Å². The summed E-state index contributed by atoms with van der Waals surface area (Å²) in [4.78, 5) is 12.6. The Labute approximate surface area is 166 Å². The summed E-state index contributed by atoms with van der Waals surface area (Å²) >= 11 is 2.19. The van der Waals surface area contributed by atoms with Crippen LogP contribution < -0.4 is 5.32 Å². The lowest BCUT2D eigenvalue weighted by molar-refractivity contribution is 0.0730. The highest BCUT2D eigenvalue weighted by atomic mass is 127. The molecule has 2 aromatic carbocycles. The molecule has 2 aromatic rings. The van der Waals surface area contributed by atoms with Crippen LogP contribution in [-0.4, -0.2) is 44.9 Å². The number of aryl methyl sites for hydroxylation is 1. The number of nitrogens with one attached hydrogen (secondary N) is 1. The summed E-state index contributed by atoms with van der Waals surface area (Å²) in [6.45, 7) is 3.50. The lowest BCUT2D eigenvalue weighted by atomic mass is 10.1. The summed E-state index contributed by atoms with van der Waals surface area (Å²) in [6, 6.07) is 11.7. The molecule has 1 aliphatic rings. The molecule has 0 saturated carbocycles. The standard InChI is InChI=1S/C18H19IN2O4S/c1-13-2-3-14(12-17(13)19)18(22)20-15-4-6-16(7-5-15)26(23,24)21-8-10-25-11-9-21/h2-7,12H,8-11H2,1H3,(H,20,22). The van der Waals surface area contributed by atoms with Gasteiger partial charge in [-0.05, 0) is 71.5 Å². The van der Waals surface area contributed by atoms with Gasteiger partial charge < -0.3 is 10.1 Å². The third-order valence-corrected chi connectivity index (χ3v) is 7.23. The molecule has 138 valence electrons. The van der Waals surface area contributed by atoms with Gasteiger partial charge in [0, 0.05) is 27.9 Å². The number of anilines is 1. The molecular formula is C18H19IN2O4S. The molecule has 6 nitrogen and oxygen atoms in total. The maximum absolute atomic E-state index is 12.6. The first-order chi connectivity index (χ1) is 12.4. The predicted molar refractivity (Wildman–Crippen MR) is 108 cm³/mol. The first kappa shape index (κ1) is 19.3. The van der Waals surface area contributed by atoms with E-state index in [1.54, 1.807) is 18.2 Å². The highest BCUT2D eigenvalue weighted by Gasteiger charge is 2.26. The number of ether oxygens (including phenoxy) is 1. The largest absolute Gasteiger partial charge is 0.379 e. The Hall–Kier alpha value is -1.49. The van der Waals surface area contributed by atoms with E-state index in [9.17, 15) is 13.2 Å². The summed E-state index contributed by atoms with van der Waals surface area (Å²) in [6.07, 6.45) is 0. The van der Waals surface area contributed by atoms with Crippen LogP contribution in [0.15, 0.2) is 47.4 Å². The molecule has 1 fully saturated rings. The van der Waals surface area contributed by atoms with Gasteiger partial charge in [0.25, 0.3) is 5.91 Å². The van der Waals surface area contributed by atoms with Gasteiger partial charge >= 0.3 is 0 Å². The van der Waals surface area contributed by atoms with Crippen molar-refractivity contribution in [2.24, 2.45) is 0 Å². The summed E-state index contributed by atoms with van der Waals surface area (Å²) < 4.78 is 32.8. The summed E-state index contributed by atoms with van der Waals surface area (Å²) in [5.74, 6) is -0.230. The molecule has 1 amide bonds. The number of rotatable bonds is 4. The van der Waals surface area contributed by atoms with Gasteiger partial charge in [-0.2, -0.15) is 4.31 Å². The van der Waals surface area contributed by atoms with Gasteiger partial charge in [0.15, 0.2) is 0 Å². The van der Waals surface area contributed by atoms with Crippen LogP contribution in [0, 0.1) is 10.5 Å². The number of carbonyl (C=O) groups is 1. The zero-order valence-corrected chi connectivity index (χ0v) is 17.2. The number of hydrogen-bond donors (Lipinski definition) is 1. The van der Waals surface area contributed by atoms with Gasteiger partial charge in [0.05, 0.1) is 18.1 Å². The van der Waals surface area contributed by atoms with Crippen molar-refractivity contribution in [1.29, 1.82) is 0 Å². The van der Waals surface area contributed by atoms with Crippen LogP contribution in [-0.2, 0) is 14.8 Å². The number of halogens is 1. The van der Waals surface area contributed by atoms with E-state index in [4.69, 9.17) is 4.74 Å². The average molecular weight is 486 g/mol. The van der Waals surface area contributed by atoms with E-state index in [2.05, 4.69) is 27.9 Å². The zero-order chi connectivity index (χ0) is 18.7. The van der Waals surface area contributed by atoms with Crippen molar-refractivity contribution < 1.29 is 17.9 Å². The third kappa shape index (κ3) is 4.25. The van der Waals surface area contributed by atoms with Crippen molar-refractivity contribution in [1.82, 2.24) is 4.31 Å². The molecule has 26 heavy (non-hydrogen) atoms. The van der Waals surface area contributed by atoms with E-state index in [1.165, 1.54) is 16.4 Å². The number of nitrogens with zero attached hydrogens (tertiary/aromatic N) is 1. The molecule has 0 radical (unpaired) electrons. The second-order valence-electron chi connectivity index (χ2n) is 5.96. The molecule has 0 bridgehead atoms. The summed E-state index contributed by atoms with van der Waals surface area (Å²) in [5.41, 5.74) is 2.22. The van der Waals surface area contributed by atoms with Crippen molar-refractivity contribution in [2.75, 3.05) is 31.6 Å². The van der Waals surface area contributed by atoms with Crippen LogP contribution in [0.4, 0.5) is 5.69 Å². The van der Waals surface area contributed by atoms with E-state index in [0.717, 1.165) is 9.13 Å². The minimum absolute atomic E-state index is 0.210. The molecular weight excluding hydrogens is 467 g/mol. The molecule has 0 aliphatic carbocycles. The SMILES string of the molecule is Cc1ccc(C(=O)Nc2ccc(S(=O)(=O)N3CCOCC3)cc2)cc1I. The Balaban J connectivity index is 1.73. The molecule has 3 rings (SSSR count). The van der Waals surface area contributed by atoms with Gasteiger partial charge in [-0.15, -0.1) is 0 Å². The van der Waals surface area contributed by atoms with Crippen LogP contribution in [0.5, 0.6) is 0 Å². The molecule has 1 aliphatic heterocycles. The Morgan fingerprint density at radius 2 is 1.77 bits per heavy atom. The molecule has 1 N–H and O–H groups in total. The van der Waals surface area contributed by atoms with Crippen molar-refractivity contribution in [3.63, 3.8) is 0 Å². The van der Waals surface area contributed by atoms with Crippen LogP contribution in [0.25, 0.3) is 0 Å². The molecule has 0 atom stereocenters. The molecule has 1 saturated heterocycles. The second-order valence-corrected chi connectivity index (χ2v) is 9.06. The van der Waals surface area contributed by atoms with Crippen molar-refractivity contribution in [2.45, 2.75) is 11.8 Å². The molecule has 0 aromatic heterocycles. The van der Waals surface area contributed by atoms with Crippen molar-refractivity contribution in [3.8, 4) is 0 Å². The van der Waals surface area contributed by atoms with E-state index in [0.29, 0.717) is 37.6 Å². The molecule has 8 heteroatoms. The van der Waals surface area contributed by atoms with Crippen LogP contribution in [0.1, 0.15) is 15.9 Å². The number of benzene rings is 2. The molecule has 0 unspecified atom stereocenters. The van der Waals surface area contributed by atoms with Crippen LogP contribution in [0.2, 0.25) is 0 Å². The van der Waals surface area contributed by atoms with Gasteiger partial charge in [-0.3, -0.25) is 4.79 Å². The normalized spacial score (nSPS) is 15.6. The number of hydrogen-bond acceptors (Lipinski definition) is 4. The third-order valence-electron chi connectivity index (χ3n) is 4.15. The smallest absolute Gasteiger partial charge is 0.255 e. The van der Waals surface area contributed by atoms with Gasteiger partial charge in [-0.25, -0.2) is 8.42 Å². The summed E-state index contributed by atoms with van der Waals surface area (Å²) in [7, 11) is -3.53. The lowest BCUT2D eigenvalue weighted by Gasteiger charge is -2.26. The minimum Gasteiger partial charge on any atom is -0.379 e. The van der Waals surface area contributed by atoms with Gasteiger partial charge in [0.1, 0.15) is 0 Å². The van der Waals surface area contributed by atoms with Crippen LogP contribution in [0.3, 0.4) is 0 Å². The number of sulfonamides is 1. The fourth-order valence-corrected chi connectivity index (χ4v) is 4.51. The van der Waals surface area contributed by atoms with Gasteiger partial charge in [-0.1, -0.05) is 6.07 Å². The maximum Gasteiger partial charge on any atom is 0.255 e. The molecule has 1 heterocycles. The quantitative estimate of drug-likeness (QED) is 0.675. The topological polar surface area (TPSA) is 75.7 Å². The lowest BCUT2D eigenvalue weighted by Crippen LogP contribution is -2.40. The fraction of sp³-hybridized carbons (Fsp3) is 0.278. The highest BCUT2D eigenvalue weighted by Crippen LogP contribution is 2.20. The fourth-order valence-electron chi connectivity index (χ4n) is 2.58. The Bertz CT molecular complexity index is 907. The Kier molecular flexibility index (Phi) is 5.96. The van der Waals surface area contributed by atoms with E-state index in [1.807, 2.05) is 19.1 Å². The maximum atomic E-state index is 12.6. The number of carbonyl (C=O) groups excluding carboxylic acids is 1. The van der Waals surface area contributed by atoms with Crippen molar-refractivity contribution in [3.05, 3.63) is 57.2 Å². The zero-order valence-electron chi connectivity index (χ0n) is 14.2. The first-order valence-electron chi connectivity index (χ1n) is 8.13. The average Bonchev–Trinajstić information content (AvgIpc) is 2.65. The highest BCUT2D eigenvalue weighted by molar-refractivity contribution is 14.1. The number of morpholine rings is 1. The van der Waals surface area contributed by atoms with Crippen LogP contribution >= 0.6 is 22.6 Å². The van der Waals surface area contributed by atoms with E-state index >= 15 is 0 Å². The monoisotopic (exact) mass is 486 g/mol. The van der Waals surface area contributed by atoms with Crippen molar-refractivity contribution >= 4 is 44.2 Å². The summed E-state index contributed by atoms with van der Waals surface area (Å²) in [5, 5.41) is 2.79. The minimum atomic E-state index is -3.53. The van der Waals surface area contributed by atoms with E-state index < -0.39 is 10.0 Å². The number of amides is 1. The predicted octanol–water partition coefficient (Wildman–Crippen LogP) is 2.87. The van der Waals surface area contributed by atoms with Gasteiger partial charge in [0.2, 0.25) is 10.0 Å².